The van der Waals surface area contributed by atoms with Crippen molar-refractivity contribution in [3.05, 3.63) is 6.33 Å². The summed E-state index contributed by atoms with van der Waals surface area (Å²) >= 11 is 4.34. The standard InChI is InChI=1S/C16H25N7O5S/c1-7(25)10(17)13(27)18-2-3-19-16-21-12-11(14(29)22-16)20-6-23(12)15-9(26)4-8(5-24)28-15/h6-10,15,24-26H,2-5,17H2,1H3,(H,18,27)(H2,19,21,22,29)/t7?,8-,9?,10?,15+/m0/s1. The number of rotatable bonds is 8. The molecule has 1 saturated heterocycles. The van der Waals surface area contributed by atoms with E-state index in [4.69, 9.17) is 10.5 Å². The van der Waals surface area contributed by atoms with Crippen molar-refractivity contribution in [2.24, 2.45) is 5.73 Å². The van der Waals surface area contributed by atoms with Crippen molar-refractivity contribution in [2.75, 3.05) is 25.0 Å². The van der Waals surface area contributed by atoms with Gasteiger partial charge in [0.15, 0.2) is 11.9 Å². The topological polar surface area (TPSA) is 181 Å². The lowest BCUT2D eigenvalue weighted by molar-refractivity contribution is -0.124. The number of hydrogen-bond acceptors (Lipinski definition) is 11. The van der Waals surface area contributed by atoms with Crippen LogP contribution in [0, 0.1) is 0 Å². The van der Waals surface area contributed by atoms with E-state index in [-0.39, 0.29) is 19.1 Å². The maximum atomic E-state index is 11.7. The number of aliphatic hydroxyl groups is 3. The molecule has 1 aliphatic heterocycles. The molecule has 13 heteroatoms. The fourth-order valence-corrected chi connectivity index (χ4v) is 3.21. The Kier molecular flexibility index (Phi) is 6.87. The second-order valence-electron chi connectivity index (χ2n) is 6.81. The van der Waals surface area contributed by atoms with Crippen LogP contribution < -0.4 is 16.4 Å². The van der Waals surface area contributed by atoms with E-state index >= 15 is 0 Å². The first-order chi connectivity index (χ1) is 13.8. The maximum absolute atomic E-state index is 11.7. The normalized spacial score (nSPS) is 23.9. The molecule has 0 saturated carbocycles. The number of nitrogens with one attached hydrogen (secondary N) is 2. The molecule has 0 aromatic carbocycles. The molecule has 2 aromatic heterocycles. The highest BCUT2D eigenvalue weighted by molar-refractivity contribution is 7.80. The van der Waals surface area contributed by atoms with E-state index in [9.17, 15) is 20.1 Å². The first kappa shape index (κ1) is 21.7. The molecule has 1 fully saturated rings. The van der Waals surface area contributed by atoms with Gasteiger partial charge in [0.2, 0.25) is 11.9 Å². The predicted molar refractivity (Wildman–Crippen MR) is 105 cm³/mol. The van der Waals surface area contributed by atoms with Crippen LogP contribution in [0.1, 0.15) is 19.6 Å². The molecular formula is C16H25N7O5S. The number of nitrogens with two attached hydrogens (primary N) is 1. The number of aliphatic hydroxyl groups excluding tert-OH is 3. The largest absolute Gasteiger partial charge is 0.394 e. The zero-order valence-electron chi connectivity index (χ0n) is 15.8. The van der Waals surface area contributed by atoms with E-state index in [1.165, 1.54) is 13.3 Å². The molecule has 0 radical (unpaired) electrons. The van der Waals surface area contributed by atoms with Crippen LogP contribution >= 0.6 is 12.6 Å². The molecule has 2 aromatic rings. The van der Waals surface area contributed by atoms with Gasteiger partial charge in [-0.2, -0.15) is 4.98 Å². The number of anilines is 1. The number of amides is 1. The summed E-state index contributed by atoms with van der Waals surface area (Å²) < 4.78 is 7.23. The van der Waals surface area contributed by atoms with Crippen LogP contribution in [0.5, 0.6) is 0 Å². The van der Waals surface area contributed by atoms with Gasteiger partial charge < -0.3 is 36.4 Å². The van der Waals surface area contributed by atoms with Crippen molar-refractivity contribution < 1.29 is 24.9 Å². The smallest absolute Gasteiger partial charge is 0.239 e. The third-order valence-corrected chi connectivity index (χ3v) is 4.89. The Hall–Kier alpha value is -2.03. The monoisotopic (exact) mass is 427 g/mol. The number of imidazole rings is 1. The van der Waals surface area contributed by atoms with Crippen LogP contribution in [0.2, 0.25) is 0 Å². The second-order valence-corrected chi connectivity index (χ2v) is 7.24. The molecule has 0 aliphatic carbocycles. The molecule has 1 amide bonds. The Morgan fingerprint density at radius 3 is 2.90 bits per heavy atom. The number of carbonyl (C=O) groups is 1. The van der Waals surface area contributed by atoms with Crippen LogP contribution in [0.25, 0.3) is 11.2 Å². The quantitative estimate of drug-likeness (QED) is 0.141. The van der Waals surface area contributed by atoms with Crippen molar-refractivity contribution in [1.82, 2.24) is 24.8 Å². The van der Waals surface area contributed by atoms with Crippen molar-refractivity contribution >= 4 is 35.6 Å². The summed E-state index contributed by atoms with van der Waals surface area (Å²) in [5, 5.41) is 34.7. The lowest BCUT2D eigenvalue weighted by atomic mass is 10.2. The zero-order chi connectivity index (χ0) is 21.1. The number of ether oxygens (including phenoxy) is 1. The second kappa shape index (κ2) is 9.19. The summed E-state index contributed by atoms with van der Waals surface area (Å²) in [4.78, 5) is 24.6. The minimum Gasteiger partial charge on any atom is -0.394 e. The third-order valence-electron chi connectivity index (χ3n) is 4.58. The molecule has 160 valence electrons. The molecule has 0 bridgehead atoms. The van der Waals surface area contributed by atoms with Crippen LogP contribution in [0.3, 0.4) is 0 Å². The molecule has 5 atom stereocenters. The SMILES string of the molecule is CC(O)C(N)C(=O)NCCNc1nc(S)c2ncn([C@@H]3O[C@H](CO)CC3O)c2n1. The van der Waals surface area contributed by atoms with E-state index in [0.717, 1.165) is 0 Å². The van der Waals surface area contributed by atoms with E-state index in [2.05, 4.69) is 38.2 Å². The Labute approximate surface area is 171 Å². The van der Waals surface area contributed by atoms with Crippen molar-refractivity contribution in [1.29, 1.82) is 0 Å². The summed E-state index contributed by atoms with van der Waals surface area (Å²) in [5.41, 5.74) is 6.41. The lowest BCUT2D eigenvalue weighted by Crippen LogP contribution is -2.48. The Morgan fingerprint density at radius 2 is 2.24 bits per heavy atom. The van der Waals surface area contributed by atoms with Gasteiger partial charge in [-0.3, -0.25) is 9.36 Å². The van der Waals surface area contributed by atoms with Crippen molar-refractivity contribution in [3.63, 3.8) is 0 Å². The first-order valence-electron chi connectivity index (χ1n) is 9.15. The molecule has 1 aliphatic rings. The fraction of sp³-hybridized carbons (Fsp3) is 0.625. The number of hydrogen-bond donors (Lipinski definition) is 7. The fourth-order valence-electron chi connectivity index (χ4n) is 2.96. The Bertz CT molecular complexity index is 864. The first-order valence-corrected chi connectivity index (χ1v) is 9.59. The Morgan fingerprint density at radius 1 is 1.48 bits per heavy atom. The molecular weight excluding hydrogens is 402 g/mol. The average molecular weight is 427 g/mol. The van der Waals surface area contributed by atoms with Crippen molar-refractivity contribution in [3.8, 4) is 0 Å². The number of aromatic nitrogens is 4. The highest BCUT2D eigenvalue weighted by atomic mass is 32.1. The lowest BCUT2D eigenvalue weighted by Gasteiger charge is -2.17. The number of fused-ring (bicyclic) bond motifs is 1. The summed E-state index contributed by atoms with van der Waals surface area (Å²) in [6.45, 7) is 1.80. The van der Waals surface area contributed by atoms with E-state index in [1.807, 2.05) is 0 Å². The van der Waals surface area contributed by atoms with Crippen LogP contribution in [-0.4, -0.2) is 84.8 Å². The van der Waals surface area contributed by atoms with E-state index in [1.54, 1.807) is 4.57 Å². The molecule has 29 heavy (non-hydrogen) atoms. The highest BCUT2D eigenvalue weighted by Crippen LogP contribution is 2.31. The van der Waals surface area contributed by atoms with E-state index < -0.39 is 36.5 Å². The van der Waals surface area contributed by atoms with Crippen LogP contribution in [0.15, 0.2) is 11.4 Å². The van der Waals surface area contributed by atoms with Gasteiger partial charge in [0.25, 0.3) is 0 Å². The van der Waals surface area contributed by atoms with Crippen molar-refractivity contribution in [2.45, 2.75) is 49.0 Å². The minimum absolute atomic E-state index is 0.190. The predicted octanol–water partition coefficient (Wildman–Crippen LogP) is -2.01. The van der Waals surface area contributed by atoms with Gasteiger partial charge in [-0.25, -0.2) is 9.97 Å². The van der Waals surface area contributed by atoms with Crippen LogP contribution in [-0.2, 0) is 9.53 Å². The van der Waals surface area contributed by atoms with Gasteiger partial charge in [0.05, 0.1) is 25.1 Å². The Balaban J connectivity index is 1.68. The molecule has 3 heterocycles. The zero-order valence-corrected chi connectivity index (χ0v) is 16.7. The molecule has 3 rings (SSSR count). The number of thiol groups is 1. The molecule has 0 spiro atoms. The molecule has 3 unspecified atom stereocenters. The summed E-state index contributed by atoms with van der Waals surface area (Å²) in [5.74, 6) is -0.207. The number of nitrogens with zero attached hydrogens (tertiary/aromatic N) is 4. The van der Waals surface area contributed by atoms with Gasteiger partial charge in [0, 0.05) is 19.5 Å². The van der Waals surface area contributed by atoms with Gasteiger partial charge >= 0.3 is 0 Å². The van der Waals surface area contributed by atoms with E-state index in [0.29, 0.717) is 29.2 Å². The molecule has 12 nitrogen and oxygen atoms in total. The van der Waals surface area contributed by atoms with Gasteiger partial charge in [-0.05, 0) is 6.92 Å². The average Bonchev–Trinajstić information content (AvgIpc) is 3.27. The van der Waals surface area contributed by atoms with Gasteiger partial charge in [-0.1, -0.05) is 0 Å². The molecule has 7 N–H and O–H groups in total. The highest BCUT2D eigenvalue weighted by Gasteiger charge is 2.36. The van der Waals surface area contributed by atoms with Gasteiger partial charge in [0.1, 0.15) is 22.7 Å². The summed E-state index contributed by atoms with van der Waals surface area (Å²) in [6.07, 6.45) is -1.16. The number of carbonyl (C=O) groups excluding carboxylic acids is 1. The minimum atomic E-state index is -0.999. The summed E-state index contributed by atoms with van der Waals surface area (Å²) in [7, 11) is 0. The maximum Gasteiger partial charge on any atom is 0.239 e. The van der Waals surface area contributed by atoms with Crippen LogP contribution in [0.4, 0.5) is 5.95 Å². The third kappa shape index (κ3) is 4.76. The summed E-state index contributed by atoms with van der Waals surface area (Å²) in [6, 6.07) is -0.999. The van der Waals surface area contributed by atoms with Gasteiger partial charge in [-0.15, -0.1) is 12.6 Å².